The van der Waals surface area contributed by atoms with Crippen LogP contribution in [0, 0.1) is 28.1 Å². The average molecular weight is 777 g/mol. The second-order valence-corrected chi connectivity index (χ2v) is 16.6. The van der Waals surface area contributed by atoms with Gasteiger partial charge in [0.25, 0.3) is 5.97 Å². The topological polar surface area (TPSA) is 239 Å². The number of furan rings is 1. The summed E-state index contributed by atoms with van der Waals surface area (Å²) >= 11 is 0. The first kappa shape index (κ1) is 37.8. The summed E-state index contributed by atoms with van der Waals surface area (Å²) in [6.07, 6.45) is -7.38. The fourth-order valence-corrected chi connectivity index (χ4v) is 13.0. The molecule has 2 N–H and O–H groups in total. The quantitative estimate of drug-likeness (QED) is 0.276. The van der Waals surface area contributed by atoms with Crippen LogP contribution in [0.15, 0.2) is 23.0 Å². The van der Waals surface area contributed by atoms with Crippen LogP contribution in [0.5, 0.6) is 0 Å². The Morgan fingerprint density at radius 3 is 2.15 bits per heavy atom. The number of methoxy groups -OCH3 is 1. The minimum absolute atomic E-state index is 0.262. The molecule has 1 aromatic heterocycles. The number of hydrogen-bond acceptors (Lipinski definition) is 18. The SMILES string of the molecule is COC(=O)C[C@H]1[C@@]2(C)C[C@@]34OC5(C)O[C@]6([C@@H]7CC(=O)O[C@@H](c8ccoc8)[C@]7(C)[C@@H](OC(C)=O)[C@@H](O)[C@]6(O5)[C@]13COC(C)=O)[C@H](OC(C)=O)[C@]4(O)[C@H]2OC(C)=O. The summed E-state index contributed by atoms with van der Waals surface area (Å²) in [5, 5.41) is 27.4. The molecule has 300 valence electrons. The van der Waals surface area contributed by atoms with Crippen molar-refractivity contribution in [1.82, 2.24) is 0 Å². The van der Waals surface area contributed by atoms with Crippen molar-refractivity contribution < 1.29 is 86.0 Å². The molecule has 3 aliphatic heterocycles. The maximum atomic E-state index is 14.0. The average Bonchev–Trinajstić information content (AvgIpc) is 3.79. The van der Waals surface area contributed by atoms with Gasteiger partial charge in [-0.05, 0) is 18.4 Å². The van der Waals surface area contributed by atoms with Crippen LogP contribution in [0.4, 0.5) is 0 Å². The van der Waals surface area contributed by atoms with Gasteiger partial charge in [-0.2, -0.15) is 0 Å². The van der Waals surface area contributed by atoms with Crippen molar-refractivity contribution in [2.24, 2.45) is 28.1 Å². The van der Waals surface area contributed by atoms with Crippen LogP contribution in [-0.4, -0.2) is 113 Å². The summed E-state index contributed by atoms with van der Waals surface area (Å²) in [5.74, 6) is -9.92. The normalized spacial score (nSPS) is 49.3. The van der Waals surface area contributed by atoms with Gasteiger partial charge in [0, 0.05) is 57.9 Å². The Morgan fingerprint density at radius 2 is 1.56 bits per heavy atom. The van der Waals surface area contributed by atoms with Gasteiger partial charge in [0.2, 0.25) is 0 Å². The van der Waals surface area contributed by atoms with Crippen LogP contribution < -0.4 is 0 Å². The maximum absolute atomic E-state index is 14.0. The Balaban J connectivity index is 1.56. The summed E-state index contributed by atoms with van der Waals surface area (Å²) in [7, 11) is 1.16. The Labute approximate surface area is 314 Å². The third-order valence-corrected chi connectivity index (χ3v) is 14.1. The Hall–Kier alpha value is -4.10. The highest BCUT2D eigenvalue weighted by Gasteiger charge is 3.07. The van der Waals surface area contributed by atoms with E-state index < -0.39 is 142 Å². The van der Waals surface area contributed by atoms with E-state index in [0.717, 1.165) is 34.8 Å². The molecule has 2 spiro atoms. The van der Waals surface area contributed by atoms with Crippen molar-refractivity contribution in [3.63, 3.8) is 0 Å². The molecule has 1 aromatic rings. The first-order valence-electron chi connectivity index (χ1n) is 18.1. The summed E-state index contributed by atoms with van der Waals surface area (Å²) in [4.78, 5) is 80.2. The van der Waals surface area contributed by atoms with E-state index in [1.165, 1.54) is 25.5 Å². The standard InChI is InChI=1S/C37H44O18/c1-16(38)48-15-33-21(11-23(42)46-8)30(5)14-34(33)35(45,28(30)50-18(3)40)29(51-19(4)41)36-22-12-24(43)52-26(20-9-10-47-13-20)31(22,6)27(49-17(2)39)25(44)37(33,36)55-32(7,53-34)54-36/h9-10,13,21-22,25-29,44-45H,11-12,14-15H2,1-8H3/t21-,22+,25+,26-,27-,28-,29+,30+,31+,32?,33+,34+,35+,36+,37-/m0/s1. The lowest BCUT2D eigenvalue weighted by molar-refractivity contribution is -0.497. The van der Waals surface area contributed by atoms with Gasteiger partial charge in [0.05, 0.1) is 36.9 Å². The maximum Gasteiger partial charge on any atom is 0.306 e. The molecule has 55 heavy (non-hydrogen) atoms. The van der Waals surface area contributed by atoms with Crippen LogP contribution in [-0.2, 0) is 71.4 Å². The van der Waals surface area contributed by atoms with Gasteiger partial charge in [-0.1, -0.05) is 13.8 Å². The van der Waals surface area contributed by atoms with Crippen LogP contribution in [0.3, 0.4) is 0 Å². The van der Waals surface area contributed by atoms with Crippen molar-refractivity contribution in [2.75, 3.05) is 13.7 Å². The molecule has 0 aromatic carbocycles. The van der Waals surface area contributed by atoms with E-state index >= 15 is 0 Å². The summed E-state index contributed by atoms with van der Waals surface area (Å²) < 4.78 is 61.6. The molecule has 7 fully saturated rings. The van der Waals surface area contributed by atoms with Crippen molar-refractivity contribution in [3.05, 3.63) is 24.2 Å². The van der Waals surface area contributed by atoms with Gasteiger partial charge in [0.1, 0.15) is 42.2 Å². The number of esters is 6. The molecule has 18 nitrogen and oxygen atoms in total. The number of cyclic esters (lactones) is 1. The second kappa shape index (κ2) is 11.3. The molecule has 8 rings (SSSR count). The van der Waals surface area contributed by atoms with E-state index in [4.69, 9.17) is 47.0 Å². The number of carbonyl (C=O) groups is 6. The molecular formula is C37H44O18. The third kappa shape index (κ3) is 4.01. The predicted octanol–water partition coefficient (Wildman–Crippen LogP) is 0.924. The highest BCUT2D eigenvalue weighted by atomic mass is 16.9. The zero-order valence-electron chi connectivity index (χ0n) is 31.5. The molecule has 4 bridgehead atoms. The number of fused-ring (bicyclic) bond motifs is 3. The van der Waals surface area contributed by atoms with Crippen molar-refractivity contribution in [2.45, 2.75) is 127 Å². The Morgan fingerprint density at radius 1 is 0.909 bits per heavy atom. The molecule has 18 heteroatoms. The van der Waals surface area contributed by atoms with Gasteiger partial charge < -0.3 is 57.3 Å². The molecule has 3 saturated heterocycles. The van der Waals surface area contributed by atoms with E-state index in [9.17, 15) is 39.0 Å². The zero-order chi connectivity index (χ0) is 40.1. The van der Waals surface area contributed by atoms with E-state index in [2.05, 4.69) is 0 Å². The van der Waals surface area contributed by atoms with Gasteiger partial charge in [0.15, 0.2) is 17.3 Å². The van der Waals surface area contributed by atoms with Crippen molar-refractivity contribution >= 4 is 35.8 Å². The molecule has 0 amide bonds. The van der Waals surface area contributed by atoms with Gasteiger partial charge in [-0.15, -0.1) is 0 Å². The van der Waals surface area contributed by atoms with E-state index in [-0.39, 0.29) is 6.42 Å². The van der Waals surface area contributed by atoms with E-state index in [1.54, 1.807) is 13.8 Å². The first-order chi connectivity index (χ1) is 25.6. The lowest BCUT2D eigenvalue weighted by Gasteiger charge is -2.78. The minimum Gasteiger partial charge on any atom is -0.472 e. The monoisotopic (exact) mass is 776 g/mol. The molecule has 0 radical (unpaired) electrons. The number of carbonyl (C=O) groups excluding carboxylic acids is 6. The first-order valence-corrected chi connectivity index (χ1v) is 18.1. The molecule has 7 aliphatic rings. The van der Waals surface area contributed by atoms with E-state index in [1.807, 2.05) is 0 Å². The largest absolute Gasteiger partial charge is 0.472 e. The van der Waals surface area contributed by atoms with Crippen LogP contribution in [0.25, 0.3) is 0 Å². The summed E-state index contributed by atoms with van der Waals surface area (Å²) in [6, 6.07) is 1.52. The fourth-order valence-electron chi connectivity index (χ4n) is 13.0. The second-order valence-electron chi connectivity index (χ2n) is 16.6. The van der Waals surface area contributed by atoms with Crippen LogP contribution in [0.2, 0.25) is 0 Å². The molecule has 4 heterocycles. The number of rotatable bonds is 8. The predicted molar refractivity (Wildman–Crippen MR) is 173 cm³/mol. The smallest absolute Gasteiger partial charge is 0.306 e. The number of aliphatic hydroxyl groups excluding tert-OH is 1. The molecule has 4 aliphatic carbocycles. The molecule has 1 unspecified atom stereocenters. The fraction of sp³-hybridized carbons (Fsp3) is 0.730. The van der Waals surface area contributed by atoms with Gasteiger partial charge >= 0.3 is 35.8 Å². The lowest BCUT2D eigenvalue weighted by atomic mass is 9.32. The summed E-state index contributed by atoms with van der Waals surface area (Å²) in [6.45, 7) is 8.28. The number of hydrogen-bond donors (Lipinski definition) is 2. The molecular weight excluding hydrogens is 732 g/mol. The van der Waals surface area contributed by atoms with Gasteiger partial charge in [-0.3, -0.25) is 28.8 Å². The van der Waals surface area contributed by atoms with Gasteiger partial charge in [-0.25, -0.2) is 0 Å². The zero-order valence-corrected chi connectivity index (χ0v) is 31.5. The van der Waals surface area contributed by atoms with E-state index in [0.29, 0.717) is 5.56 Å². The molecule has 15 atom stereocenters. The van der Waals surface area contributed by atoms with Crippen molar-refractivity contribution in [1.29, 1.82) is 0 Å². The third-order valence-electron chi connectivity index (χ3n) is 14.1. The van der Waals surface area contributed by atoms with Crippen LogP contribution >= 0.6 is 0 Å². The highest BCUT2D eigenvalue weighted by Crippen LogP contribution is 2.90. The molecule has 4 saturated carbocycles. The summed E-state index contributed by atoms with van der Waals surface area (Å²) in [5.41, 5.74) is -14.8. The lowest BCUT2D eigenvalue weighted by Crippen LogP contribution is -2.98. The minimum atomic E-state index is -2.64. The van der Waals surface area contributed by atoms with Crippen LogP contribution in [0.1, 0.15) is 79.4 Å². The number of ether oxygens (including phenoxy) is 9. The number of aliphatic hydroxyl groups is 2. The van der Waals surface area contributed by atoms with Crippen molar-refractivity contribution in [3.8, 4) is 0 Å². The Kier molecular flexibility index (Phi) is 7.75. The Bertz CT molecular complexity index is 1900. The highest BCUT2D eigenvalue weighted by molar-refractivity contribution is 5.75.